The number of carboxylic acids is 1. The lowest BCUT2D eigenvalue weighted by molar-refractivity contribution is 0.0696. The first-order valence-electron chi connectivity index (χ1n) is 4.08. The molecule has 76 valence electrons. The van der Waals surface area contributed by atoms with Gasteiger partial charge in [-0.15, -0.1) is 0 Å². The highest BCUT2D eigenvalue weighted by Crippen LogP contribution is 2.23. The van der Waals surface area contributed by atoms with E-state index in [2.05, 4.69) is 0 Å². The largest absolute Gasteiger partial charge is 0.508 e. The number of aromatic carboxylic acids is 1. The summed E-state index contributed by atoms with van der Waals surface area (Å²) in [5, 5.41) is 18.1. The van der Waals surface area contributed by atoms with E-state index in [0.29, 0.717) is 5.56 Å². The molecular formula is C9H12N2O3. The molecule has 0 aliphatic rings. The summed E-state index contributed by atoms with van der Waals surface area (Å²) in [6.07, 6.45) is 0. The van der Waals surface area contributed by atoms with Crippen LogP contribution in [0.5, 0.6) is 5.75 Å². The maximum absolute atomic E-state index is 10.6. The minimum absolute atomic E-state index is 0.0343. The Morgan fingerprint density at radius 1 is 1.50 bits per heavy atom. The summed E-state index contributed by atoms with van der Waals surface area (Å²) >= 11 is 0. The summed E-state index contributed by atoms with van der Waals surface area (Å²) in [5.74, 6) is -1.09. The fraction of sp³-hybridized carbons (Fsp3) is 0.222. The molecule has 5 heteroatoms. The first kappa shape index (κ1) is 10.5. The SMILES string of the molecule is NC[C@@H](N)c1cc(C(=O)O)ccc1O. The van der Waals surface area contributed by atoms with Crippen molar-refractivity contribution in [2.75, 3.05) is 6.54 Å². The first-order valence-corrected chi connectivity index (χ1v) is 4.08. The maximum Gasteiger partial charge on any atom is 0.335 e. The minimum atomic E-state index is -1.06. The molecule has 0 unspecified atom stereocenters. The highest BCUT2D eigenvalue weighted by molar-refractivity contribution is 5.88. The number of carbonyl (C=O) groups is 1. The highest BCUT2D eigenvalue weighted by Gasteiger charge is 2.12. The number of phenols is 1. The van der Waals surface area contributed by atoms with Crippen LogP contribution in [0.15, 0.2) is 18.2 Å². The fourth-order valence-corrected chi connectivity index (χ4v) is 1.11. The number of rotatable bonds is 3. The molecule has 6 N–H and O–H groups in total. The molecule has 0 amide bonds. The molecule has 1 rings (SSSR count). The molecule has 0 aromatic heterocycles. The molecule has 1 aromatic carbocycles. The topological polar surface area (TPSA) is 110 Å². The Morgan fingerprint density at radius 3 is 2.64 bits per heavy atom. The van der Waals surface area contributed by atoms with Crippen molar-refractivity contribution in [1.82, 2.24) is 0 Å². The van der Waals surface area contributed by atoms with Crippen molar-refractivity contribution in [2.24, 2.45) is 11.5 Å². The molecular weight excluding hydrogens is 184 g/mol. The summed E-state index contributed by atoms with van der Waals surface area (Å²) in [7, 11) is 0. The second-order valence-corrected chi connectivity index (χ2v) is 2.92. The van der Waals surface area contributed by atoms with Gasteiger partial charge in [0.15, 0.2) is 0 Å². The van der Waals surface area contributed by atoms with Crippen molar-refractivity contribution in [3.8, 4) is 5.75 Å². The quantitative estimate of drug-likeness (QED) is 0.546. The summed E-state index contributed by atoms with van der Waals surface area (Å²) in [6.45, 7) is 0.149. The summed E-state index contributed by atoms with van der Waals surface area (Å²) in [6, 6.07) is 3.39. The molecule has 1 aromatic rings. The van der Waals surface area contributed by atoms with E-state index in [4.69, 9.17) is 16.6 Å². The van der Waals surface area contributed by atoms with Crippen LogP contribution in [0.25, 0.3) is 0 Å². The highest BCUT2D eigenvalue weighted by atomic mass is 16.4. The van der Waals surface area contributed by atoms with Crippen LogP contribution in [0.1, 0.15) is 22.0 Å². The normalized spacial score (nSPS) is 12.4. The first-order chi connectivity index (χ1) is 6.56. The van der Waals surface area contributed by atoms with Crippen LogP contribution in [-0.2, 0) is 0 Å². The van der Waals surface area contributed by atoms with E-state index in [-0.39, 0.29) is 17.9 Å². The van der Waals surface area contributed by atoms with E-state index in [1.807, 2.05) is 0 Å². The number of hydrogen-bond donors (Lipinski definition) is 4. The third kappa shape index (κ3) is 2.01. The Bertz CT molecular complexity index is 352. The van der Waals surface area contributed by atoms with E-state index in [0.717, 1.165) is 0 Å². The van der Waals surface area contributed by atoms with Gasteiger partial charge < -0.3 is 21.7 Å². The Hall–Kier alpha value is -1.59. The zero-order valence-electron chi connectivity index (χ0n) is 7.47. The Morgan fingerprint density at radius 2 is 2.14 bits per heavy atom. The number of phenolic OH excluding ortho intramolecular Hbond substituents is 1. The molecule has 0 fully saturated rings. The minimum Gasteiger partial charge on any atom is -0.508 e. The van der Waals surface area contributed by atoms with Crippen LogP contribution in [0, 0.1) is 0 Å². The Balaban J connectivity index is 3.14. The molecule has 0 radical (unpaired) electrons. The molecule has 0 saturated carbocycles. The fourth-order valence-electron chi connectivity index (χ4n) is 1.11. The lowest BCUT2D eigenvalue weighted by Gasteiger charge is -2.11. The predicted octanol–water partition coefficient (Wildman–Crippen LogP) is 0.0489. The van der Waals surface area contributed by atoms with Gasteiger partial charge in [-0.1, -0.05) is 0 Å². The molecule has 0 heterocycles. The predicted molar refractivity (Wildman–Crippen MR) is 51.0 cm³/mol. The van der Waals surface area contributed by atoms with Gasteiger partial charge in [0.25, 0.3) is 0 Å². The van der Waals surface area contributed by atoms with Crippen LogP contribution in [-0.4, -0.2) is 22.7 Å². The number of hydrogen-bond acceptors (Lipinski definition) is 4. The summed E-state index contributed by atoms with van der Waals surface area (Å²) in [4.78, 5) is 10.6. The molecule has 14 heavy (non-hydrogen) atoms. The second-order valence-electron chi connectivity index (χ2n) is 2.92. The van der Waals surface area contributed by atoms with Gasteiger partial charge in [0.1, 0.15) is 5.75 Å². The number of aromatic hydroxyl groups is 1. The molecule has 0 saturated heterocycles. The van der Waals surface area contributed by atoms with Crippen LogP contribution in [0.4, 0.5) is 0 Å². The Labute approximate surface area is 81.0 Å². The lowest BCUT2D eigenvalue weighted by Crippen LogP contribution is -2.21. The second kappa shape index (κ2) is 4.08. The van der Waals surface area contributed by atoms with E-state index >= 15 is 0 Å². The number of nitrogens with two attached hydrogens (primary N) is 2. The Kier molecular flexibility index (Phi) is 3.06. The van der Waals surface area contributed by atoms with Crippen molar-refractivity contribution in [2.45, 2.75) is 6.04 Å². The van der Waals surface area contributed by atoms with Gasteiger partial charge in [0.2, 0.25) is 0 Å². The molecule has 0 aliphatic carbocycles. The molecule has 0 aliphatic heterocycles. The van der Waals surface area contributed by atoms with Crippen LogP contribution in [0.2, 0.25) is 0 Å². The summed E-state index contributed by atoms with van der Waals surface area (Å²) in [5.41, 5.74) is 11.3. The van der Waals surface area contributed by atoms with Crippen molar-refractivity contribution in [3.63, 3.8) is 0 Å². The van der Waals surface area contributed by atoms with Gasteiger partial charge in [-0.3, -0.25) is 0 Å². The molecule has 0 bridgehead atoms. The zero-order valence-corrected chi connectivity index (χ0v) is 7.47. The van der Waals surface area contributed by atoms with E-state index in [1.165, 1.54) is 18.2 Å². The molecule has 0 spiro atoms. The smallest absolute Gasteiger partial charge is 0.335 e. The van der Waals surface area contributed by atoms with E-state index < -0.39 is 12.0 Å². The van der Waals surface area contributed by atoms with Gasteiger partial charge in [-0.2, -0.15) is 0 Å². The van der Waals surface area contributed by atoms with Gasteiger partial charge in [-0.25, -0.2) is 4.79 Å². The van der Waals surface area contributed by atoms with Gasteiger partial charge in [0.05, 0.1) is 5.56 Å². The van der Waals surface area contributed by atoms with Crippen LogP contribution < -0.4 is 11.5 Å². The van der Waals surface area contributed by atoms with E-state index in [9.17, 15) is 9.90 Å². The third-order valence-electron chi connectivity index (χ3n) is 1.93. The molecule has 5 nitrogen and oxygen atoms in total. The average molecular weight is 196 g/mol. The van der Waals surface area contributed by atoms with Crippen molar-refractivity contribution in [1.29, 1.82) is 0 Å². The molecule has 1 atom stereocenters. The number of carboxylic acid groups (broad SMARTS) is 1. The lowest BCUT2D eigenvalue weighted by atomic mass is 10.0. The monoisotopic (exact) mass is 196 g/mol. The third-order valence-corrected chi connectivity index (χ3v) is 1.93. The van der Waals surface area contributed by atoms with Crippen molar-refractivity contribution < 1.29 is 15.0 Å². The van der Waals surface area contributed by atoms with Crippen molar-refractivity contribution in [3.05, 3.63) is 29.3 Å². The van der Waals surface area contributed by atoms with Crippen molar-refractivity contribution >= 4 is 5.97 Å². The van der Waals surface area contributed by atoms with Gasteiger partial charge in [0, 0.05) is 18.2 Å². The summed E-state index contributed by atoms with van der Waals surface area (Å²) < 4.78 is 0. The van der Waals surface area contributed by atoms with Gasteiger partial charge >= 0.3 is 5.97 Å². The zero-order chi connectivity index (χ0) is 10.7. The number of benzene rings is 1. The maximum atomic E-state index is 10.6. The van der Waals surface area contributed by atoms with E-state index in [1.54, 1.807) is 0 Å². The van der Waals surface area contributed by atoms with Crippen LogP contribution >= 0.6 is 0 Å². The standard InChI is InChI=1S/C9H12N2O3/c10-4-7(11)6-3-5(9(13)14)1-2-8(6)12/h1-3,7,12H,4,10-11H2,(H,13,14)/t7-/m1/s1. The van der Waals surface area contributed by atoms with Gasteiger partial charge in [-0.05, 0) is 18.2 Å². The average Bonchev–Trinajstić information content (AvgIpc) is 2.17. The van der Waals surface area contributed by atoms with Crippen LogP contribution in [0.3, 0.4) is 0 Å².